The summed E-state index contributed by atoms with van der Waals surface area (Å²) in [6, 6.07) is 6.01. The molecule has 0 saturated carbocycles. The first-order chi connectivity index (χ1) is 11.8. The first-order valence-corrected chi connectivity index (χ1v) is 8.54. The van der Waals surface area contributed by atoms with Crippen molar-refractivity contribution in [1.82, 2.24) is 10.2 Å². The number of nitrogens with zero attached hydrogens (tertiary/aromatic N) is 2. The molecule has 2 unspecified atom stereocenters. The van der Waals surface area contributed by atoms with E-state index in [-0.39, 0.29) is 12.5 Å². The molecule has 2 fully saturated rings. The predicted octanol–water partition coefficient (Wildman–Crippen LogP) is 1.95. The van der Waals surface area contributed by atoms with Crippen molar-refractivity contribution in [3.05, 3.63) is 29.3 Å². The number of hydrogen-bond donors (Lipinski definition) is 2. The van der Waals surface area contributed by atoms with Crippen LogP contribution in [0.5, 0.6) is 0 Å². The zero-order valence-electron chi connectivity index (χ0n) is 13.9. The van der Waals surface area contributed by atoms with Crippen LogP contribution in [0.1, 0.15) is 19.8 Å². The maximum absolute atomic E-state index is 12.6. The Morgan fingerprint density at radius 2 is 2.12 bits per heavy atom. The van der Waals surface area contributed by atoms with Gasteiger partial charge in [-0.25, -0.2) is 4.79 Å². The third-order valence-corrected chi connectivity index (χ3v) is 5.14. The number of urea groups is 1. The van der Waals surface area contributed by atoms with E-state index >= 15 is 0 Å². The van der Waals surface area contributed by atoms with Crippen molar-refractivity contribution < 1.29 is 19.5 Å². The fourth-order valence-electron chi connectivity index (χ4n) is 3.26. The largest absolute Gasteiger partial charge is 0.481 e. The van der Waals surface area contributed by atoms with E-state index in [0.717, 1.165) is 0 Å². The molecule has 0 bridgehead atoms. The number of likely N-dealkylation sites (tertiary alicyclic amines) is 1. The van der Waals surface area contributed by atoms with Crippen LogP contribution >= 0.6 is 11.6 Å². The zero-order chi connectivity index (χ0) is 18.2. The van der Waals surface area contributed by atoms with E-state index in [0.29, 0.717) is 36.6 Å². The van der Waals surface area contributed by atoms with Gasteiger partial charge >= 0.3 is 12.0 Å². The highest BCUT2D eigenvalue weighted by Gasteiger charge is 2.43. The molecule has 0 radical (unpaired) electrons. The number of anilines is 1. The van der Waals surface area contributed by atoms with Gasteiger partial charge in [0.15, 0.2) is 0 Å². The summed E-state index contributed by atoms with van der Waals surface area (Å²) < 4.78 is 0. The summed E-state index contributed by atoms with van der Waals surface area (Å²) in [5.74, 6) is -1.09. The Balaban J connectivity index is 1.62. The first kappa shape index (κ1) is 17.5. The molecule has 7 nitrogen and oxygen atoms in total. The van der Waals surface area contributed by atoms with Crippen LogP contribution in [0.2, 0.25) is 5.02 Å². The van der Waals surface area contributed by atoms with Gasteiger partial charge in [0.05, 0.1) is 5.41 Å². The van der Waals surface area contributed by atoms with Gasteiger partial charge in [0.1, 0.15) is 6.04 Å². The quantitative estimate of drug-likeness (QED) is 0.856. The summed E-state index contributed by atoms with van der Waals surface area (Å²) >= 11 is 5.97. The highest BCUT2D eigenvalue weighted by atomic mass is 35.5. The van der Waals surface area contributed by atoms with Gasteiger partial charge in [0, 0.05) is 30.3 Å². The number of aliphatic carboxylic acids is 1. The average molecular weight is 366 g/mol. The topological polar surface area (TPSA) is 89.9 Å². The number of carboxylic acids is 1. The van der Waals surface area contributed by atoms with E-state index in [1.165, 1.54) is 4.90 Å². The van der Waals surface area contributed by atoms with Crippen molar-refractivity contribution in [2.45, 2.75) is 25.8 Å². The van der Waals surface area contributed by atoms with Crippen molar-refractivity contribution in [1.29, 1.82) is 0 Å². The number of carbonyl (C=O) groups excluding carboxylic acids is 2. The van der Waals surface area contributed by atoms with Gasteiger partial charge in [-0.15, -0.1) is 0 Å². The number of carboxylic acid groups (broad SMARTS) is 1. The molecule has 0 aromatic heterocycles. The van der Waals surface area contributed by atoms with Gasteiger partial charge in [-0.2, -0.15) is 0 Å². The van der Waals surface area contributed by atoms with E-state index in [2.05, 4.69) is 5.32 Å². The lowest BCUT2D eigenvalue weighted by Crippen LogP contribution is -2.48. The number of rotatable bonds is 3. The van der Waals surface area contributed by atoms with Crippen LogP contribution in [0.15, 0.2) is 24.3 Å². The Labute approximate surface area is 150 Å². The number of benzene rings is 1. The van der Waals surface area contributed by atoms with Gasteiger partial charge in [0.25, 0.3) is 0 Å². The Morgan fingerprint density at radius 3 is 2.76 bits per heavy atom. The van der Waals surface area contributed by atoms with Crippen molar-refractivity contribution in [3.63, 3.8) is 0 Å². The Bertz CT molecular complexity index is 726. The molecule has 2 N–H and O–H groups in total. The smallest absolute Gasteiger partial charge is 0.318 e. The van der Waals surface area contributed by atoms with E-state index in [1.54, 1.807) is 36.1 Å². The minimum Gasteiger partial charge on any atom is -0.481 e. The summed E-state index contributed by atoms with van der Waals surface area (Å²) in [5.41, 5.74) is -0.224. The molecule has 25 heavy (non-hydrogen) atoms. The molecule has 2 saturated heterocycles. The van der Waals surface area contributed by atoms with Gasteiger partial charge in [0.2, 0.25) is 5.91 Å². The molecule has 0 spiro atoms. The summed E-state index contributed by atoms with van der Waals surface area (Å²) in [6.07, 6.45) is 0.907. The fourth-order valence-corrected chi connectivity index (χ4v) is 3.45. The van der Waals surface area contributed by atoms with Gasteiger partial charge in [-0.1, -0.05) is 17.7 Å². The molecule has 2 aliphatic rings. The fraction of sp³-hybridized carbons (Fsp3) is 0.471. The van der Waals surface area contributed by atoms with Crippen LogP contribution in [0.3, 0.4) is 0 Å². The summed E-state index contributed by atoms with van der Waals surface area (Å²) in [7, 11) is 0. The molecule has 3 amide bonds. The maximum atomic E-state index is 12.6. The second-order valence-corrected chi connectivity index (χ2v) is 7.23. The van der Waals surface area contributed by atoms with Crippen LogP contribution in [0.4, 0.5) is 10.5 Å². The molecule has 1 aromatic rings. The lowest BCUT2D eigenvalue weighted by atomic mass is 9.90. The minimum absolute atomic E-state index is 0.146. The maximum Gasteiger partial charge on any atom is 0.318 e. The van der Waals surface area contributed by atoms with E-state index in [1.807, 2.05) is 0 Å². The van der Waals surface area contributed by atoms with Gasteiger partial charge in [-0.05, 0) is 38.0 Å². The number of nitrogens with one attached hydrogen (secondary N) is 1. The van der Waals surface area contributed by atoms with Crippen molar-refractivity contribution in [3.8, 4) is 0 Å². The molecule has 2 atom stereocenters. The highest BCUT2D eigenvalue weighted by molar-refractivity contribution is 6.31. The third-order valence-electron chi connectivity index (χ3n) is 4.90. The molecule has 134 valence electrons. The molecule has 8 heteroatoms. The molecule has 1 aromatic carbocycles. The zero-order valence-corrected chi connectivity index (χ0v) is 14.6. The molecule has 3 rings (SSSR count). The Morgan fingerprint density at radius 1 is 1.36 bits per heavy atom. The molecular weight excluding hydrogens is 346 g/mol. The standard InChI is InChI=1S/C17H20ClN3O4/c1-17(15(23)24)6-8-20(10-17)16(25)19-13-5-7-21(14(13)22)12-4-2-3-11(18)9-12/h2-4,9,13H,5-8,10H2,1H3,(H,19,25)(H,23,24). The lowest BCUT2D eigenvalue weighted by molar-refractivity contribution is -0.147. The van der Waals surface area contributed by atoms with E-state index < -0.39 is 23.5 Å². The summed E-state index contributed by atoms with van der Waals surface area (Å²) in [4.78, 5) is 39.3. The number of halogens is 1. The number of carbonyl (C=O) groups is 3. The van der Waals surface area contributed by atoms with E-state index in [4.69, 9.17) is 11.6 Å². The normalized spacial score (nSPS) is 26.2. The highest BCUT2D eigenvalue weighted by Crippen LogP contribution is 2.30. The summed E-state index contributed by atoms with van der Waals surface area (Å²) in [5, 5.41) is 12.5. The van der Waals surface area contributed by atoms with Crippen LogP contribution < -0.4 is 10.2 Å². The first-order valence-electron chi connectivity index (χ1n) is 8.16. The lowest BCUT2D eigenvalue weighted by Gasteiger charge is -2.22. The van der Waals surface area contributed by atoms with Crippen LogP contribution in [0.25, 0.3) is 0 Å². The second kappa shape index (κ2) is 6.55. The minimum atomic E-state index is -0.927. The second-order valence-electron chi connectivity index (χ2n) is 6.80. The van der Waals surface area contributed by atoms with Crippen LogP contribution in [-0.2, 0) is 9.59 Å². The predicted molar refractivity (Wildman–Crippen MR) is 92.7 cm³/mol. The van der Waals surface area contributed by atoms with Crippen molar-refractivity contribution >= 4 is 35.2 Å². The SMILES string of the molecule is CC1(C(=O)O)CCN(C(=O)NC2CCN(c3cccc(Cl)c3)C2=O)C1. The molecule has 0 aliphatic carbocycles. The third kappa shape index (κ3) is 3.42. The van der Waals surface area contributed by atoms with Crippen LogP contribution in [0, 0.1) is 5.41 Å². The van der Waals surface area contributed by atoms with Crippen molar-refractivity contribution in [2.24, 2.45) is 5.41 Å². The van der Waals surface area contributed by atoms with E-state index in [9.17, 15) is 19.5 Å². The molecule has 2 heterocycles. The summed E-state index contributed by atoms with van der Waals surface area (Å²) in [6.45, 7) is 2.64. The van der Waals surface area contributed by atoms with Crippen molar-refractivity contribution in [2.75, 3.05) is 24.5 Å². The molecule has 2 aliphatic heterocycles. The Hall–Kier alpha value is -2.28. The average Bonchev–Trinajstić information content (AvgIpc) is 3.13. The monoisotopic (exact) mass is 365 g/mol. The van der Waals surface area contributed by atoms with Gasteiger partial charge in [-0.3, -0.25) is 9.59 Å². The van der Waals surface area contributed by atoms with Gasteiger partial charge < -0.3 is 20.2 Å². The Kier molecular flexibility index (Phi) is 4.60. The number of hydrogen-bond acceptors (Lipinski definition) is 3. The van der Waals surface area contributed by atoms with Crippen LogP contribution in [-0.4, -0.2) is 53.6 Å². The number of amides is 3. The molecular formula is C17H20ClN3O4.